The van der Waals surface area contributed by atoms with E-state index in [9.17, 15) is 0 Å². The molecule has 0 aromatic rings. The fourth-order valence-electron chi connectivity index (χ4n) is 0. The normalized spacial score (nSPS) is 4.00. The van der Waals surface area contributed by atoms with Crippen molar-refractivity contribution in [2.45, 2.75) is 0 Å². The van der Waals surface area contributed by atoms with Gasteiger partial charge in [-0.1, -0.05) is 0 Å². The number of hydrogen-bond donors (Lipinski definition) is 2. The van der Waals surface area contributed by atoms with Crippen LogP contribution >= 0.6 is 0 Å². The molecule has 0 atom stereocenters. The van der Waals surface area contributed by atoms with Crippen molar-refractivity contribution in [2.24, 2.45) is 0 Å². The predicted octanol–water partition coefficient (Wildman–Crippen LogP) is -3.55. The van der Waals surface area contributed by atoms with Crippen LogP contribution in [0, 0.1) is 20.2 Å². The van der Waals surface area contributed by atoms with Gasteiger partial charge in [0.1, 0.15) is 0 Å². The van der Waals surface area contributed by atoms with Gasteiger partial charge in [0.05, 0.1) is 0 Å². The summed E-state index contributed by atoms with van der Waals surface area (Å²) >= 11 is 0. The summed E-state index contributed by atoms with van der Waals surface area (Å²) in [5.41, 5.74) is 0. The number of rotatable bonds is 0. The summed E-state index contributed by atoms with van der Waals surface area (Å²) in [5, 5.41) is 27.3. The van der Waals surface area contributed by atoms with Crippen LogP contribution in [0.15, 0.2) is 0 Å². The zero-order valence-electron chi connectivity index (χ0n) is 5.63. The van der Waals surface area contributed by atoms with Crippen molar-refractivity contribution in [2.75, 3.05) is 0 Å². The van der Waals surface area contributed by atoms with Crippen LogP contribution in [0.5, 0.6) is 0 Å². The molecule has 0 bridgehead atoms. The second kappa shape index (κ2) is 34.1. The largest absolute Gasteiger partial charge is 0.412 e. The molecule has 0 aliphatic rings. The maximum absolute atomic E-state index is 8.36. The van der Waals surface area contributed by atoms with Crippen molar-refractivity contribution >= 4 is 10.1 Å². The molecule has 11 nitrogen and oxygen atoms in total. The molecule has 0 aliphatic carbocycles. The van der Waals surface area contributed by atoms with Crippen molar-refractivity contribution < 1.29 is 37.0 Å². The molecule has 0 amide bonds. The molecule has 0 unspecified atom stereocenters. The van der Waals surface area contributed by atoms with E-state index < -0.39 is 10.2 Å². The Hall–Kier alpha value is -1.55. The molecule has 0 aromatic carbocycles. The minimum Gasteiger partial charge on any atom is -0.412 e. The summed E-state index contributed by atoms with van der Waals surface area (Å²) < 4.78 is 0. The monoisotopic (exact) mass is 189 g/mol. The molecule has 0 fully saturated rings. The van der Waals surface area contributed by atoms with Crippen molar-refractivity contribution in [3.05, 3.63) is 20.2 Å². The SMILES string of the molecule is O.O.O.O=[N+]([O-])O.O=[N+]([O-])O.[Be]. The molecule has 0 saturated carbocycles. The minimum absolute atomic E-state index is 0. The second-order valence-corrected chi connectivity index (χ2v) is 0.476. The molecule has 0 aliphatic heterocycles. The zero-order chi connectivity index (χ0) is 7.15. The van der Waals surface area contributed by atoms with Gasteiger partial charge in [0.25, 0.3) is 10.2 Å². The van der Waals surface area contributed by atoms with Crippen LogP contribution in [0.2, 0.25) is 0 Å². The summed E-state index contributed by atoms with van der Waals surface area (Å²) in [6.45, 7) is 0. The van der Waals surface area contributed by atoms with Crippen molar-refractivity contribution in [3.8, 4) is 0 Å². The van der Waals surface area contributed by atoms with E-state index in [0.29, 0.717) is 0 Å². The average Bonchev–Trinajstić information content (AvgIpc) is 1.25. The van der Waals surface area contributed by atoms with Gasteiger partial charge in [-0.05, 0) is 0 Å². The molecule has 0 spiro atoms. The van der Waals surface area contributed by atoms with Crippen molar-refractivity contribution in [1.29, 1.82) is 0 Å². The molecular formula is H8BeN2O9. The Bertz CT molecular complexity index is 70.5. The van der Waals surface area contributed by atoms with Gasteiger partial charge in [-0.25, -0.2) is 0 Å². The fraction of sp³-hybridized carbons (Fsp3) is 0. The Morgan fingerprint density at radius 3 is 0.833 bits per heavy atom. The van der Waals surface area contributed by atoms with E-state index in [1.807, 2.05) is 0 Å². The molecule has 0 rings (SSSR count). The molecule has 74 valence electrons. The second-order valence-electron chi connectivity index (χ2n) is 0.476. The van der Waals surface area contributed by atoms with E-state index in [-0.39, 0.29) is 26.5 Å². The van der Waals surface area contributed by atoms with Crippen molar-refractivity contribution in [3.63, 3.8) is 0 Å². The van der Waals surface area contributed by atoms with Gasteiger partial charge in [0.2, 0.25) is 0 Å². The molecule has 8 N–H and O–H groups in total. The summed E-state index contributed by atoms with van der Waals surface area (Å²) in [5.74, 6) is 0. The molecule has 0 saturated heterocycles. The van der Waals surface area contributed by atoms with Gasteiger partial charge in [0.15, 0.2) is 0 Å². The van der Waals surface area contributed by atoms with E-state index in [4.69, 9.17) is 30.6 Å². The molecule has 2 radical (unpaired) electrons. The Balaban J connectivity index is -0.0000000112. The van der Waals surface area contributed by atoms with E-state index in [1.165, 1.54) is 0 Å². The first-order valence-corrected chi connectivity index (χ1v) is 1.13. The number of nitrogens with zero attached hydrogens (tertiary/aromatic N) is 2. The zero-order valence-corrected chi connectivity index (χ0v) is 5.63. The third-order valence-electron chi connectivity index (χ3n) is 0. The minimum atomic E-state index is -1.50. The molecular weight excluding hydrogens is 181 g/mol. The number of hydrogen-bond acceptors (Lipinski definition) is 4. The Morgan fingerprint density at radius 1 is 0.833 bits per heavy atom. The van der Waals surface area contributed by atoms with Crippen LogP contribution in [0.3, 0.4) is 0 Å². The quantitative estimate of drug-likeness (QED) is 0.222. The maximum Gasteiger partial charge on any atom is 0.291 e. The smallest absolute Gasteiger partial charge is 0.291 e. The van der Waals surface area contributed by atoms with E-state index in [0.717, 1.165) is 0 Å². The first-order valence-electron chi connectivity index (χ1n) is 1.13. The van der Waals surface area contributed by atoms with Gasteiger partial charge in [0, 0.05) is 10.1 Å². The summed E-state index contributed by atoms with van der Waals surface area (Å²) in [7, 11) is 0. The van der Waals surface area contributed by atoms with Crippen LogP contribution in [0.25, 0.3) is 0 Å². The Labute approximate surface area is 68.6 Å². The standard InChI is InChI=1S/Be.2HNO3.3H2O/c;2*2-1(3)4;;;/h;2*(H,2,3,4);3*1H2. The van der Waals surface area contributed by atoms with Crippen LogP contribution < -0.4 is 0 Å². The average molecular weight is 189 g/mol. The van der Waals surface area contributed by atoms with Gasteiger partial charge < -0.3 is 26.8 Å². The summed E-state index contributed by atoms with van der Waals surface area (Å²) in [4.78, 5) is 16.7. The third-order valence-corrected chi connectivity index (χ3v) is 0. The van der Waals surface area contributed by atoms with E-state index in [1.54, 1.807) is 0 Å². The first-order chi connectivity index (χ1) is 3.46. The third kappa shape index (κ3) is 195. The van der Waals surface area contributed by atoms with Crippen LogP contribution in [-0.4, -0.2) is 47.1 Å². The topological polar surface area (TPSA) is 221 Å². The van der Waals surface area contributed by atoms with E-state index >= 15 is 0 Å². The van der Waals surface area contributed by atoms with Crippen LogP contribution in [-0.2, 0) is 0 Å². The molecule has 12 heavy (non-hydrogen) atoms. The molecule has 0 aromatic heterocycles. The molecule has 0 heterocycles. The Kier molecular flexibility index (Phi) is 134. The molecule has 12 heteroatoms. The maximum atomic E-state index is 8.36. The summed E-state index contributed by atoms with van der Waals surface area (Å²) in [6, 6.07) is 0. The summed E-state index contributed by atoms with van der Waals surface area (Å²) in [6.07, 6.45) is 0. The first kappa shape index (κ1) is 47.1. The Morgan fingerprint density at radius 2 is 0.833 bits per heavy atom. The predicted molar refractivity (Wildman–Crippen MR) is 34.2 cm³/mol. The fourth-order valence-corrected chi connectivity index (χ4v) is 0. The van der Waals surface area contributed by atoms with Crippen LogP contribution in [0.4, 0.5) is 0 Å². The van der Waals surface area contributed by atoms with Crippen LogP contribution in [0.1, 0.15) is 0 Å². The van der Waals surface area contributed by atoms with Gasteiger partial charge in [-0.3, -0.25) is 0 Å². The van der Waals surface area contributed by atoms with Crippen molar-refractivity contribution in [1.82, 2.24) is 0 Å². The van der Waals surface area contributed by atoms with Gasteiger partial charge in [-0.2, -0.15) is 0 Å². The van der Waals surface area contributed by atoms with Gasteiger partial charge >= 0.3 is 0 Å². The van der Waals surface area contributed by atoms with E-state index in [2.05, 4.69) is 0 Å². The van der Waals surface area contributed by atoms with Gasteiger partial charge in [-0.15, -0.1) is 20.2 Å².